The number of hydrogen-bond donors (Lipinski definition) is 1. The number of hydrogen-bond acceptors (Lipinski definition) is 5. The molecule has 8 nitrogen and oxygen atoms in total. The first-order valence-corrected chi connectivity index (χ1v) is 7.56. The van der Waals surface area contributed by atoms with E-state index in [1.807, 2.05) is 0 Å². The lowest BCUT2D eigenvalue weighted by atomic mass is 10.2. The Balaban J connectivity index is 3.40. The highest BCUT2D eigenvalue weighted by Gasteiger charge is 2.26. The third-order valence-electron chi connectivity index (χ3n) is 2.84. The smallest absolute Gasteiger partial charge is 0.426 e. The predicted octanol–water partition coefficient (Wildman–Crippen LogP) is 1.33. The molecule has 0 saturated carbocycles. The molecule has 124 valence electrons. The van der Waals surface area contributed by atoms with Gasteiger partial charge < -0.3 is 9.47 Å². The average Bonchev–Trinajstić information content (AvgIpc) is 2.73. The molecule has 0 bridgehead atoms. The van der Waals surface area contributed by atoms with Gasteiger partial charge in [-0.15, -0.1) is 11.6 Å². The molecular formula is C13H20ClN3O5. The second-order valence-electron chi connectivity index (χ2n) is 4.16. The molecule has 0 atom stereocenters. The summed E-state index contributed by atoms with van der Waals surface area (Å²) in [6.07, 6.45) is -0.432. The van der Waals surface area contributed by atoms with Crippen LogP contribution in [0.4, 0.5) is 4.79 Å². The molecule has 22 heavy (non-hydrogen) atoms. The Labute approximate surface area is 132 Å². The Morgan fingerprint density at radius 1 is 1.18 bits per heavy atom. The van der Waals surface area contributed by atoms with Crippen molar-refractivity contribution < 1.29 is 19.1 Å². The maximum atomic E-state index is 12.4. The second kappa shape index (κ2) is 8.47. The molecule has 0 spiro atoms. The number of carbonyl (C=O) groups is 2. The van der Waals surface area contributed by atoms with Crippen molar-refractivity contribution in [2.45, 2.75) is 33.7 Å². The summed E-state index contributed by atoms with van der Waals surface area (Å²) in [6.45, 7) is 5.57. The number of imidazole rings is 1. The Morgan fingerprint density at radius 2 is 1.82 bits per heavy atom. The van der Waals surface area contributed by atoms with E-state index in [0.29, 0.717) is 12.1 Å². The van der Waals surface area contributed by atoms with E-state index in [0.717, 1.165) is 4.68 Å². The van der Waals surface area contributed by atoms with Gasteiger partial charge in [-0.25, -0.2) is 19.8 Å². The molecule has 1 aromatic rings. The minimum Gasteiger partial charge on any atom is -0.461 e. The van der Waals surface area contributed by atoms with Gasteiger partial charge in [-0.2, -0.15) is 4.68 Å². The molecule has 0 aliphatic carbocycles. The van der Waals surface area contributed by atoms with Crippen LogP contribution < -0.4 is 11.1 Å². The predicted molar refractivity (Wildman–Crippen MR) is 81.1 cm³/mol. The molecule has 0 aromatic carbocycles. The van der Waals surface area contributed by atoms with Gasteiger partial charge in [0.1, 0.15) is 0 Å². The van der Waals surface area contributed by atoms with Gasteiger partial charge in [0, 0.05) is 12.4 Å². The molecule has 0 unspecified atom stereocenters. The van der Waals surface area contributed by atoms with Crippen molar-refractivity contribution in [3.63, 3.8) is 0 Å². The van der Waals surface area contributed by atoms with Gasteiger partial charge in [-0.05, 0) is 20.3 Å². The Kier molecular flexibility index (Phi) is 6.97. The molecule has 0 aliphatic heterocycles. The Hall–Kier alpha value is -1.96. The van der Waals surface area contributed by atoms with E-state index in [2.05, 4.69) is 5.43 Å². The van der Waals surface area contributed by atoms with Crippen molar-refractivity contribution in [3.8, 4) is 0 Å². The first-order chi connectivity index (χ1) is 10.5. The lowest BCUT2D eigenvalue weighted by Gasteiger charge is -2.09. The van der Waals surface area contributed by atoms with Gasteiger partial charge in [0.15, 0.2) is 5.69 Å². The van der Waals surface area contributed by atoms with E-state index in [-0.39, 0.29) is 31.3 Å². The maximum absolute atomic E-state index is 12.4. The molecule has 0 saturated heterocycles. The number of nitrogens with zero attached hydrogens (tertiary/aromatic N) is 2. The van der Waals surface area contributed by atoms with Crippen molar-refractivity contribution in [3.05, 3.63) is 21.9 Å². The molecular weight excluding hydrogens is 314 g/mol. The van der Waals surface area contributed by atoms with Gasteiger partial charge in [0.05, 0.1) is 18.9 Å². The van der Waals surface area contributed by atoms with Crippen LogP contribution in [-0.2, 0) is 22.4 Å². The number of esters is 1. The average molecular weight is 334 g/mol. The van der Waals surface area contributed by atoms with E-state index < -0.39 is 17.8 Å². The van der Waals surface area contributed by atoms with Crippen LogP contribution in [0.25, 0.3) is 0 Å². The van der Waals surface area contributed by atoms with Crippen LogP contribution in [0.15, 0.2) is 4.79 Å². The fourth-order valence-corrected chi connectivity index (χ4v) is 2.20. The van der Waals surface area contributed by atoms with Crippen LogP contribution in [0.2, 0.25) is 0 Å². The lowest BCUT2D eigenvalue weighted by Crippen LogP contribution is -2.36. The minimum atomic E-state index is -0.833. The third kappa shape index (κ3) is 3.82. The minimum absolute atomic E-state index is 0.0208. The number of nitrogens with one attached hydrogen (secondary N) is 1. The van der Waals surface area contributed by atoms with Crippen LogP contribution >= 0.6 is 11.6 Å². The highest BCUT2D eigenvalue weighted by atomic mass is 35.5. The standard InChI is InChI=1S/C13H20ClN3O5/c1-4-9-10(11(18)21-5-2)17(15-12(19)22-6-3)13(20)16(9)8-7-14/h4-8H2,1-3H3,(H,15,19). The Morgan fingerprint density at radius 3 is 2.32 bits per heavy atom. The summed E-state index contributed by atoms with van der Waals surface area (Å²) in [5.74, 6) is -0.500. The van der Waals surface area contributed by atoms with Crippen LogP contribution in [0.1, 0.15) is 37.0 Å². The zero-order valence-corrected chi connectivity index (χ0v) is 13.6. The second-order valence-corrected chi connectivity index (χ2v) is 4.54. The number of amides is 1. The Bertz CT molecular complexity index is 593. The number of carbonyl (C=O) groups excluding carboxylic acids is 2. The van der Waals surface area contributed by atoms with Crippen LogP contribution in [0, 0.1) is 0 Å². The van der Waals surface area contributed by atoms with Crippen LogP contribution in [0.3, 0.4) is 0 Å². The normalized spacial score (nSPS) is 10.4. The fraction of sp³-hybridized carbons (Fsp3) is 0.615. The highest BCUT2D eigenvalue weighted by molar-refractivity contribution is 6.17. The van der Waals surface area contributed by atoms with E-state index in [4.69, 9.17) is 21.1 Å². The van der Waals surface area contributed by atoms with Crippen molar-refractivity contribution in [2.75, 3.05) is 24.5 Å². The molecule has 9 heteroatoms. The fourth-order valence-electron chi connectivity index (χ4n) is 2.03. The number of aromatic nitrogens is 2. The number of halogens is 1. The number of ether oxygens (including phenoxy) is 2. The maximum Gasteiger partial charge on any atom is 0.426 e. The molecule has 0 fully saturated rings. The van der Waals surface area contributed by atoms with Gasteiger partial charge in [0.2, 0.25) is 0 Å². The number of alkyl halides is 1. The van der Waals surface area contributed by atoms with Gasteiger partial charge in [0.25, 0.3) is 0 Å². The molecule has 1 N–H and O–H groups in total. The van der Waals surface area contributed by atoms with E-state index in [1.165, 1.54) is 4.57 Å². The molecule has 1 aromatic heterocycles. The number of rotatable bonds is 7. The van der Waals surface area contributed by atoms with E-state index in [1.54, 1.807) is 20.8 Å². The van der Waals surface area contributed by atoms with Gasteiger partial charge >= 0.3 is 17.8 Å². The van der Waals surface area contributed by atoms with E-state index >= 15 is 0 Å². The molecule has 1 heterocycles. The molecule has 0 aliphatic rings. The lowest BCUT2D eigenvalue weighted by molar-refractivity contribution is 0.0514. The van der Waals surface area contributed by atoms with Gasteiger partial charge in [-0.3, -0.25) is 4.57 Å². The summed E-state index contributed by atoms with van der Waals surface area (Å²) >= 11 is 5.70. The van der Waals surface area contributed by atoms with Crippen molar-refractivity contribution >= 4 is 23.7 Å². The van der Waals surface area contributed by atoms with Gasteiger partial charge in [-0.1, -0.05) is 6.92 Å². The molecule has 1 amide bonds. The summed E-state index contributed by atoms with van der Waals surface area (Å²) in [4.78, 5) is 36.1. The summed E-state index contributed by atoms with van der Waals surface area (Å²) in [6, 6.07) is 0. The van der Waals surface area contributed by atoms with E-state index in [9.17, 15) is 14.4 Å². The van der Waals surface area contributed by atoms with Crippen LogP contribution in [0.5, 0.6) is 0 Å². The quantitative estimate of drug-likeness (QED) is 0.600. The topological polar surface area (TPSA) is 91.6 Å². The third-order valence-corrected chi connectivity index (χ3v) is 3.00. The first-order valence-electron chi connectivity index (χ1n) is 7.02. The highest BCUT2D eigenvalue weighted by Crippen LogP contribution is 2.11. The molecule has 1 rings (SSSR count). The first kappa shape index (κ1) is 18.1. The summed E-state index contributed by atoms with van der Waals surface area (Å²) in [5, 5.41) is 0. The largest absolute Gasteiger partial charge is 0.461 e. The molecule has 0 radical (unpaired) electrons. The van der Waals surface area contributed by atoms with Crippen molar-refractivity contribution in [1.82, 2.24) is 9.24 Å². The summed E-state index contributed by atoms with van der Waals surface area (Å²) < 4.78 is 11.9. The zero-order chi connectivity index (χ0) is 16.7. The monoisotopic (exact) mass is 333 g/mol. The summed E-state index contributed by atoms with van der Waals surface area (Å²) in [5.41, 5.74) is 2.10. The zero-order valence-electron chi connectivity index (χ0n) is 12.8. The van der Waals surface area contributed by atoms with Crippen molar-refractivity contribution in [1.29, 1.82) is 0 Å². The van der Waals surface area contributed by atoms with Crippen molar-refractivity contribution in [2.24, 2.45) is 0 Å². The van der Waals surface area contributed by atoms with Crippen LogP contribution in [-0.4, -0.2) is 40.4 Å². The SMILES string of the molecule is CCOC(=O)Nn1c(C(=O)OCC)c(CC)n(CCCl)c1=O. The summed E-state index contributed by atoms with van der Waals surface area (Å²) in [7, 11) is 0.